The Kier molecular flexibility index (Phi) is 4.16. The van der Waals surface area contributed by atoms with Crippen LogP contribution >= 0.6 is 0 Å². The molecule has 0 saturated heterocycles. The number of carbonyl (C=O) groups is 2. The van der Waals surface area contributed by atoms with Crippen LogP contribution in [0.1, 0.15) is 21.5 Å². The molecule has 1 aliphatic rings. The largest absolute Gasteiger partial charge is 0.340 e. The Morgan fingerprint density at radius 3 is 2.42 bits per heavy atom. The van der Waals surface area contributed by atoms with Gasteiger partial charge in [-0.2, -0.15) is 0 Å². The third kappa shape index (κ3) is 2.80. The van der Waals surface area contributed by atoms with Crippen molar-refractivity contribution < 1.29 is 14.0 Å². The van der Waals surface area contributed by atoms with E-state index in [0.717, 1.165) is 5.56 Å². The standard InChI is InChI=1S/C19H17FN2O2/c1-13-15-8-4-5-9-16(15)19(24)22(13)12-18(23)21(2)11-14-7-3-6-10-17(14)20/h3-10H,1,11-12H2,2H3. The molecular weight excluding hydrogens is 307 g/mol. The first-order chi connectivity index (χ1) is 11.5. The Labute approximate surface area is 139 Å². The Hall–Kier alpha value is -2.95. The molecule has 0 N–H and O–H groups in total. The fourth-order valence-electron chi connectivity index (χ4n) is 2.73. The minimum absolute atomic E-state index is 0.114. The fourth-order valence-corrected chi connectivity index (χ4v) is 2.73. The quantitative estimate of drug-likeness (QED) is 0.868. The molecule has 0 fully saturated rings. The van der Waals surface area contributed by atoms with Crippen LogP contribution in [0.15, 0.2) is 55.1 Å². The van der Waals surface area contributed by atoms with E-state index in [1.165, 1.54) is 15.9 Å². The van der Waals surface area contributed by atoms with Crippen LogP contribution in [0.5, 0.6) is 0 Å². The number of fused-ring (bicyclic) bond motifs is 1. The zero-order valence-electron chi connectivity index (χ0n) is 13.3. The van der Waals surface area contributed by atoms with Crippen LogP contribution in [0, 0.1) is 5.82 Å². The molecule has 0 radical (unpaired) electrons. The van der Waals surface area contributed by atoms with Gasteiger partial charge in [0, 0.05) is 36.0 Å². The highest BCUT2D eigenvalue weighted by Gasteiger charge is 2.32. The first-order valence-electron chi connectivity index (χ1n) is 7.56. The van der Waals surface area contributed by atoms with E-state index < -0.39 is 0 Å². The summed E-state index contributed by atoms with van der Waals surface area (Å²) in [6.45, 7) is 3.94. The van der Waals surface area contributed by atoms with Gasteiger partial charge >= 0.3 is 0 Å². The molecule has 0 unspecified atom stereocenters. The van der Waals surface area contributed by atoms with Gasteiger partial charge in [-0.25, -0.2) is 4.39 Å². The average molecular weight is 324 g/mol. The van der Waals surface area contributed by atoms with E-state index in [9.17, 15) is 14.0 Å². The summed E-state index contributed by atoms with van der Waals surface area (Å²) in [5.41, 5.74) is 2.24. The lowest BCUT2D eigenvalue weighted by Gasteiger charge is -2.22. The molecule has 0 spiro atoms. The van der Waals surface area contributed by atoms with Gasteiger partial charge in [0.05, 0.1) is 0 Å². The number of hydrogen-bond acceptors (Lipinski definition) is 2. The SMILES string of the molecule is C=C1c2ccccc2C(=O)N1CC(=O)N(C)Cc1ccccc1F. The highest BCUT2D eigenvalue weighted by molar-refractivity contribution is 6.10. The van der Waals surface area contributed by atoms with Gasteiger partial charge in [0.2, 0.25) is 5.91 Å². The molecule has 2 amide bonds. The van der Waals surface area contributed by atoms with Crippen LogP contribution in [0.3, 0.4) is 0 Å². The zero-order chi connectivity index (χ0) is 17.3. The number of nitrogens with zero attached hydrogens (tertiary/aromatic N) is 2. The highest BCUT2D eigenvalue weighted by atomic mass is 19.1. The van der Waals surface area contributed by atoms with Gasteiger partial charge < -0.3 is 4.90 Å². The second kappa shape index (κ2) is 6.28. The number of halogens is 1. The molecule has 2 aromatic rings. The Bertz CT molecular complexity index is 797. The van der Waals surface area contributed by atoms with Gasteiger partial charge in [0.15, 0.2) is 0 Å². The second-order valence-electron chi connectivity index (χ2n) is 5.72. The Morgan fingerprint density at radius 2 is 1.75 bits per heavy atom. The van der Waals surface area contributed by atoms with Crippen LogP contribution in [-0.4, -0.2) is 35.2 Å². The fraction of sp³-hybridized carbons (Fsp3) is 0.158. The van der Waals surface area contributed by atoms with Crippen molar-refractivity contribution >= 4 is 17.5 Å². The van der Waals surface area contributed by atoms with E-state index in [4.69, 9.17) is 0 Å². The average Bonchev–Trinajstić information content (AvgIpc) is 2.82. The van der Waals surface area contributed by atoms with Crippen molar-refractivity contribution in [3.05, 3.63) is 77.6 Å². The Balaban J connectivity index is 1.70. The number of benzene rings is 2. The lowest BCUT2D eigenvalue weighted by molar-refractivity contribution is -0.130. The van der Waals surface area contributed by atoms with E-state index in [0.29, 0.717) is 16.8 Å². The monoisotopic (exact) mass is 324 g/mol. The maximum Gasteiger partial charge on any atom is 0.259 e. The van der Waals surface area contributed by atoms with Crippen molar-refractivity contribution in [2.24, 2.45) is 0 Å². The summed E-state index contributed by atoms with van der Waals surface area (Å²) in [4.78, 5) is 27.6. The minimum atomic E-state index is -0.355. The van der Waals surface area contributed by atoms with E-state index >= 15 is 0 Å². The molecule has 0 atom stereocenters. The Morgan fingerprint density at radius 1 is 1.12 bits per heavy atom. The van der Waals surface area contributed by atoms with Crippen molar-refractivity contribution in [2.75, 3.05) is 13.6 Å². The molecule has 122 valence electrons. The molecule has 24 heavy (non-hydrogen) atoms. The van der Waals surface area contributed by atoms with Gasteiger partial charge in [-0.15, -0.1) is 0 Å². The summed E-state index contributed by atoms with van der Waals surface area (Å²) < 4.78 is 13.7. The van der Waals surface area contributed by atoms with Crippen LogP contribution in [0.4, 0.5) is 4.39 Å². The van der Waals surface area contributed by atoms with Gasteiger partial charge in [-0.1, -0.05) is 43.0 Å². The maximum absolute atomic E-state index is 13.7. The van der Waals surface area contributed by atoms with Crippen LogP contribution < -0.4 is 0 Å². The van der Waals surface area contributed by atoms with Crippen molar-refractivity contribution in [1.82, 2.24) is 9.80 Å². The highest BCUT2D eigenvalue weighted by Crippen LogP contribution is 2.30. The van der Waals surface area contributed by atoms with Crippen LogP contribution in [0.25, 0.3) is 5.70 Å². The summed E-state index contributed by atoms with van der Waals surface area (Å²) >= 11 is 0. The molecule has 4 nitrogen and oxygen atoms in total. The van der Waals surface area contributed by atoms with Crippen molar-refractivity contribution in [1.29, 1.82) is 0 Å². The summed E-state index contributed by atoms with van der Waals surface area (Å²) in [6.07, 6.45) is 0. The molecule has 5 heteroatoms. The van der Waals surface area contributed by atoms with Gasteiger partial charge in [-0.3, -0.25) is 14.5 Å². The van der Waals surface area contributed by atoms with Crippen molar-refractivity contribution in [3.63, 3.8) is 0 Å². The number of amides is 2. The van der Waals surface area contributed by atoms with Crippen molar-refractivity contribution in [3.8, 4) is 0 Å². The smallest absolute Gasteiger partial charge is 0.259 e. The number of hydrogen-bond donors (Lipinski definition) is 0. The first-order valence-corrected chi connectivity index (χ1v) is 7.56. The van der Waals surface area contributed by atoms with E-state index in [1.54, 1.807) is 37.4 Å². The van der Waals surface area contributed by atoms with E-state index in [-0.39, 0.29) is 30.7 Å². The van der Waals surface area contributed by atoms with Gasteiger partial charge in [-0.05, 0) is 12.1 Å². The number of likely N-dealkylation sites (N-methyl/N-ethyl adjacent to an activating group) is 1. The number of rotatable bonds is 4. The van der Waals surface area contributed by atoms with Gasteiger partial charge in [0.25, 0.3) is 5.91 Å². The summed E-state index contributed by atoms with van der Waals surface area (Å²) in [5, 5.41) is 0. The molecule has 2 aromatic carbocycles. The van der Waals surface area contributed by atoms with Gasteiger partial charge in [0.1, 0.15) is 12.4 Å². The molecule has 0 bridgehead atoms. The maximum atomic E-state index is 13.7. The minimum Gasteiger partial charge on any atom is -0.340 e. The summed E-state index contributed by atoms with van der Waals surface area (Å²) in [5.74, 6) is -0.866. The zero-order valence-corrected chi connectivity index (χ0v) is 13.3. The third-order valence-corrected chi connectivity index (χ3v) is 4.12. The molecule has 1 heterocycles. The number of carbonyl (C=O) groups excluding carboxylic acids is 2. The van der Waals surface area contributed by atoms with Crippen molar-refractivity contribution in [2.45, 2.75) is 6.54 Å². The predicted molar refractivity (Wildman–Crippen MR) is 89.4 cm³/mol. The normalized spacial score (nSPS) is 13.2. The first kappa shape index (κ1) is 15.9. The van der Waals surface area contributed by atoms with E-state index in [1.807, 2.05) is 12.1 Å². The van der Waals surface area contributed by atoms with E-state index in [2.05, 4.69) is 6.58 Å². The molecular formula is C19H17FN2O2. The molecule has 0 aliphatic carbocycles. The lowest BCUT2D eigenvalue weighted by atomic mass is 10.1. The third-order valence-electron chi connectivity index (χ3n) is 4.12. The second-order valence-corrected chi connectivity index (χ2v) is 5.72. The molecule has 0 saturated carbocycles. The predicted octanol–water partition coefficient (Wildman–Crippen LogP) is 2.91. The van der Waals surface area contributed by atoms with Crippen LogP contribution in [0.2, 0.25) is 0 Å². The molecule has 1 aliphatic heterocycles. The summed E-state index contributed by atoms with van der Waals surface area (Å²) in [6, 6.07) is 13.4. The lowest BCUT2D eigenvalue weighted by Crippen LogP contribution is -2.37. The molecule has 0 aromatic heterocycles. The molecule has 3 rings (SSSR count). The topological polar surface area (TPSA) is 40.6 Å². The summed E-state index contributed by atoms with van der Waals surface area (Å²) in [7, 11) is 1.59. The van der Waals surface area contributed by atoms with Crippen LogP contribution in [-0.2, 0) is 11.3 Å².